The van der Waals surface area contributed by atoms with Crippen molar-refractivity contribution in [3.05, 3.63) is 84.4 Å². The predicted octanol–water partition coefficient (Wildman–Crippen LogP) is 6.46. The molecule has 1 aliphatic heterocycles. The third-order valence-electron chi connectivity index (χ3n) is 8.52. The summed E-state index contributed by atoms with van der Waals surface area (Å²) < 4.78 is 105. The highest BCUT2D eigenvalue weighted by Crippen LogP contribution is 2.37. The van der Waals surface area contributed by atoms with Gasteiger partial charge in [-0.15, -0.1) is 0 Å². The third kappa shape index (κ3) is 11.4. The first kappa shape index (κ1) is 39.5. The number of hydrogen-bond donors (Lipinski definition) is 3. The Morgan fingerprint density at radius 2 is 1.43 bits per heavy atom. The first-order valence-electron chi connectivity index (χ1n) is 16.4. The number of alkyl halides is 5. The largest absolute Gasteiger partial charge is 0.493 e. The van der Waals surface area contributed by atoms with Crippen LogP contribution in [0.2, 0.25) is 0 Å². The van der Waals surface area contributed by atoms with Crippen LogP contribution in [0.25, 0.3) is 0 Å². The summed E-state index contributed by atoms with van der Waals surface area (Å²) >= 11 is 0. The van der Waals surface area contributed by atoms with Gasteiger partial charge in [-0.25, -0.2) is 13.2 Å². The normalized spacial score (nSPS) is 16.8. The van der Waals surface area contributed by atoms with E-state index in [4.69, 9.17) is 25.1 Å². The number of amides is 1. The summed E-state index contributed by atoms with van der Waals surface area (Å²) in [5.74, 6) is -6.19. The Balaban J connectivity index is 0.000000755. The minimum absolute atomic E-state index is 0.121. The second kappa shape index (κ2) is 17.3. The lowest BCUT2D eigenvalue weighted by atomic mass is 9.90. The first-order valence-corrected chi connectivity index (χ1v) is 17.9. The lowest BCUT2D eigenvalue weighted by Gasteiger charge is -2.35. The van der Waals surface area contributed by atoms with Crippen LogP contribution in [-0.4, -0.2) is 68.3 Å². The Labute approximate surface area is 292 Å². The molecule has 0 radical (unpaired) electrons. The number of nitrogens with one attached hydrogen (secondary N) is 1. The standard InChI is InChI=1S/C33H39F2N3O5S.C2HF3O2/c34-33(35,25-10-7-13-29(22-25)43-28-11-5-2-6-12-28)31(32(39)38-20-18-26(36)19-21-38)37-44(40,41)30-16-14-27(15-17-30)42-23-24-8-3-1-4-9-24;3-2(4,5)1(6)7/h2,5-7,10-17,22,24,26,31,37H,1,3-4,8-9,18-21,23,36H2;(H,6,7). The Morgan fingerprint density at radius 1 is 0.843 bits per heavy atom. The number of nitrogens with zero attached hydrogens (tertiary/aromatic N) is 1. The zero-order valence-corrected chi connectivity index (χ0v) is 28.3. The van der Waals surface area contributed by atoms with Gasteiger partial charge in [-0.2, -0.15) is 26.7 Å². The van der Waals surface area contributed by atoms with Crippen LogP contribution in [0.3, 0.4) is 0 Å². The monoisotopic (exact) mass is 741 g/mol. The summed E-state index contributed by atoms with van der Waals surface area (Å²) in [5.41, 5.74) is 5.40. The molecule has 51 heavy (non-hydrogen) atoms. The number of likely N-dealkylation sites (tertiary alicyclic amines) is 1. The number of para-hydroxylation sites is 1. The average molecular weight is 742 g/mol. The van der Waals surface area contributed by atoms with Crippen LogP contribution in [0.5, 0.6) is 17.2 Å². The molecule has 10 nitrogen and oxygen atoms in total. The fourth-order valence-corrected chi connectivity index (χ4v) is 6.84. The number of carboxylic acids is 1. The summed E-state index contributed by atoms with van der Waals surface area (Å²) in [6.45, 7) is 0.844. The van der Waals surface area contributed by atoms with E-state index in [2.05, 4.69) is 0 Å². The molecule has 0 bridgehead atoms. The van der Waals surface area contributed by atoms with Crippen LogP contribution >= 0.6 is 0 Å². The number of nitrogens with two attached hydrogens (primary N) is 1. The van der Waals surface area contributed by atoms with E-state index in [9.17, 15) is 26.4 Å². The molecule has 16 heteroatoms. The number of rotatable bonds is 11. The number of aliphatic carboxylic acids is 1. The van der Waals surface area contributed by atoms with Crippen molar-refractivity contribution < 1.29 is 54.5 Å². The highest BCUT2D eigenvalue weighted by Gasteiger charge is 2.50. The van der Waals surface area contributed by atoms with Gasteiger partial charge in [-0.05, 0) is 80.1 Å². The number of sulfonamides is 1. The van der Waals surface area contributed by atoms with E-state index in [-0.39, 0.29) is 29.8 Å². The van der Waals surface area contributed by atoms with Crippen molar-refractivity contribution in [2.24, 2.45) is 11.7 Å². The minimum Gasteiger partial charge on any atom is -0.493 e. The maximum atomic E-state index is 16.3. The molecule has 278 valence electrons. The molecule has 0 aromatic heterocycles. The van der Waals surface area contributed by atoms with E-state index in [0.717, 1.165) is 25.0 Å². The van der Waals surface area contributed by atoms with Gasteiger partial charge in [0.25, 0.3) is 5.92 Å². The van der Waals surface area contributed by atoms with Crippen LogP contribution in [-0.2, 0) is 25.5 Å². The van der Waals surface area contributed by atoms with Crippen LogP contribution in [0.4, 0.5) is 22.0 Å². The van der Waals surface area contributed by atoms with Gasteiger partial charge < -0.3 is 25.2 Å². The maximum absolute atomic E-state index is 16.3. The van der Waals surface area contributed by atoms with Crippen LogP contribution < -0.4 is 19.9 Å². The quantitative estimate of drug-likeness (QED) is 0.190. The third-order valence-corrected chi connectivity index (χ3v) is 9.96. The van der Waals surface area contributed by atoms with E-state index >= 15 is 8.78 Å². The Bertz CT molecular complexity index is 1700. The summed E-state index contributed by atoms with van der Waals surface area (Å²) in [5, 5.41) is 7.12. The molecule has 1 unspecified atom stereocenters. The average Bonchev–Trinajstić information content (AvgIpc) is 3.11. The van der Waals surface area contributed by atoms with Crippen molar-refractivity contribution in [2.75, 3.05) is 19.7 Å². The number of carbonyl (C=O) groups excluding carboxylic acids is 1. The van der Waals surface area contributed by atoms with Crippen molar-refractivity contribution in [2.45, 2.75) is 74.0 Å². The molecular formula is C35H40F5N3O7S. The lowest BCUT2D eigenvalue weighted by molar-refractivity contribution is -0.192. The summed E-state index contributed by atoms with van der Waals surface area (Å²) in [6, 6.07) is 16.8. The summed E-state index contributed by atoms with van der Waals surface area (Å²) in [4.78, 5) is 23.5. The molecule has 0 spiro atoms. The number of carbonyl (C=O) groups is 2. The van der Waals surface area contributed by atoms with Crippen LogP contribution in [0.15, 0.2) is 83.8 Å². The van der Waals surface area contributed by atoms with Crippen molar-refractivity contribution in [1.82, 2.24) is 9.62 Å². The number of hydrogen-bond acceptors (Lipinski definition) is 7. The number of ether oxygens (including phenoxy) is 2. The molecule has 1 saturated heterocycles. The van der Waals surface area contributed by atoms with Gasteiger partial charge in [0.15, 0.2) is 6.04 Å². The molecule has 2 fully saturated rings. The van der Waals surface area contributed by atoms with Gasteiger partial charge >= 0.3 is 12.1 Å². The predicted molar refractivity (Wildman–Crippen MR) is 177 cm³/mol. The molecule has 4 N–H and O–H groups in total. The first-order chi connectivity index (χ1) is 24.1. The molecule has 1 atom stereocenters. The summed E-state index contributed by atoms with van der Waals surface area (Å²) in [6.07, 6.45) is 1.57. The van der Waals surface area contributed by atoms with Gasteiger partial charge in [-0.3, -0.25) is 4.79 Å². The second-order valence-electron chi connectivity index (χ2n) is 12.4. The van der Waals surface area contributed by atoms with Gasteiger partial charge in [0.2, 0.25) is 15.9 Å². The van der Waals surface area contributed by atoms with Gasteiger partial charge in [0, 0.05) is 24.7 Å². The number of benzene rings is 3. The van der Waals surface area contributed by atoms with E-state index in [1.54, 1.807) is 30.3 Å². The molecule has 5 rings (SSSR count). The van der Waals surface area contributed by atoms with Crippen LogP contribution in [0, 0.1) is 5.92 Å². The molecule has 1 saturated carbocycles. The zero-order valence-electron chi connectivity index (χ0n) is 27.5. The minimum atomic E-state index is -5.08. The smallest absolute Gasteiger partial charge is 0.490 e. The topological polar surface area (TPSA) is 148 Å². The fraction of sp³-hybridized carbons (Fsp3) is 0.429. The number of piperidine rings is 1. The van der Waals surface area contributed by atoms with Crippen molar-refractivity contribution >= 4 is 21.9 Å². The molecule has 1 heterocycles. The fourth-order valence-electron chi connectivity index (χ4n) is 5.65. The molecule has 1 amide bonds. The number of carboxylic acid groups (broad SMARTS) is 1. The van der Waals surface area contributed by atoms with E-state index in [0.29, 0.717) is 36.9 Å². The molecule has 3 aromatic carbocycles. The molecular weight excluding hydrogens is 701 g/mol. The molecule has 1 aliphatic carbocycles. The molecule has 2 aliphatic rings. The van der Waals surface area contributed by atoms with Crippen molar-refractivity contribution in [1.29, 1.82) is 0 Å². The molecule has 3 aromatic rings. The Morgan fingerprint density at radius 3 is 2.02 bits per heavy atom. The SMILES string of the molecule is NC1CCN(C(=O)C(NS(=O)(=O)c2ccc(OCC3CCCCC3)cc2)C(F)(F)c2cccc(Oc3ccccc3)c2)CC1.O=C(O)C(F)(F)F. The van der Waals surface area contributed by atoms with Gasteiger partial charge in [-0.1, -0.05) is 49.6 Å². The highest BCUT2D eigenvalue weighted by atomic mass is 32.2. The second-order valence-corrected chi connectivity index (χ2v) is 14.1. The Kier molecular flexibility index (Phi) is 13.4. The van der Waals surface area contributed by atoms with Gasteiger partial charge in [0.05, 0.1) is 11.5 Å². The zero-order chi connectivity index (χ0) is 37.2. The lowest BCUT2D eigenvalue weighted by Crippen LogP contribution is -2.57. The van der Waals surface area contributed by atoms with Crippen molar-refractivity contribution in [3.63, 3.8) is 0 Å². The van der Waals surface area contributed by atoms with E-state index in [1.807, 2.05) is 4.72 Å². The Hall–Kier alpha value is -4.28. The van der Waals surface area contributed by atoms with E-state index in [1.165, 1.54) is 60.6 Å². The van der Waals surface area contributed by atoms with Gasteiger partial charge in [0.1, 0.15) is 17.2 Å². The van der Waals surface area contributed by atoms with Crippen LogP contribution in [0.1, 0.15) is 50.5 Å². The maximum Gasteiger partial charge on any atom is 0.490 e. The number of halogens is 5. The summed E-state index contributed by atoms with van der Waals surface area (Å²) in [7, 11) is -4.54. The van der Waals surface area contributed by atoms with Crippen molar-refractivity contribution in [3.8, 4) is 17.2 Å². The van der Waals surface area contributed by atoms with E-state index < -0.39 is 45.6 Å². The highest BCUT2D eigenvalue weighted by molar-refractivity contribution is 7.89.